The van der Waals surface area contributed by atoms with Crippen LogP contribution in [0.1, 0.15) is 50.6 Å². The smallest absolute Gasteiger partial charge is 0.191 e. The van der Waals surface area contributed by atoms with E-state index in [2.05, 4.69) is 52.8 Å². The fraction of sp³-hybridized carbons (Fsp3) is 0.800. The van der Waals surface area contributed by atoms with E-state index in [1.807, 2.05) is 25.0 Å². The number of likely N-dealkylation sites (N-methyl/N-ethyl adjacent to an activating group) is 1. The number of aryl methyl sites for hydroxylation is 1. The van der Waals surface area contributed by atoms with Crippen LogP contribution in [-0.2, 0) is 11.8 Å². The molecule has 0 saturated heterocycles. The Kier molecular flexibility index (Phi) is 8.57. The normalized spacial score (nSPS) is 24.7. The molecule has 2 saturated carbocycles. The maximum Gasteiger partial charge on any atom is 0.191 e. The molecule has 28 heavy (non-hydrogen) atoms. The summed E-state index contributed by atoms with van der Waals surface area (Å²) in [7, 11) is 8.00. The molecule has 3 rings (SSSR count). The van der Waals surface area contributed by atoms with Crippen LogP contribution < -0.4 is 10.6 Å². The van der Waals surface area contributed by atoms with Gasteiger partial charge >= 0.3 is 0 Å². The first kappa shape index (κ1) is 23.4. The first-order valence-electron chi connectivity index (χ1n) is 10.2. The number of halogens is 1. The standard InChI is InChI=1S/C20H36N6O.HI/c1-6-27-18-11-17(20(18)9-7-8-10-20)24-19(21-2)22-13-16(25(3)4)15-12-23-26(5)14-15;/h12,14,16-18H,6-11,13H2,1-5H3,(H2,21,22,24);1H. The largest absolute Gasteiger partial charge is 0.378 e. The molecule has 0 bridgehead atoms. The van der Waals surface area contributed by atoms with Crippen molar-refractivity contribution in [3.05, 3.63) is 18.0 Å². The third-order valence-corrected chi connectivity index (χ3v) is 6.42. The summed E-state index contributed by atoms with van der Waals surface area (Å²) in [6, 6.07) is 0.703. The number of aromatic nitrogens is 2. The van der Waals surface area contributed by atoms with Gasteiger partial charge in [0.1, 0.15) is 0 Å². The molecular formula is C20H37IN6O. The zero-order valence-electron chi connectivity index (χ0n) is 17.9. The third kappa shape index (κ3) is 4.81. The van der Waals surface area contributed by atoms with Crippen LogP contribution in [0.15, 0.2) is 17.4 Å². The summed E-state index contributed by atoms with van der Waals surface area (Å²) in [6.07, 6.45) is 10.7. The number of hydrogen-bond donors (Lipinski definition) is 2. The van der Waals surface area contributed by atoms with E-state index >= 15 is 0 Å². The minimum absolute atomic E-state index is 0. The molecule has 2 aliphatic rings. The number of guanidine groups is 1. The number of hydrogen-bond acceptors (Lipinski definition) is 4. The molecule has 0 aromatic carbocycles. The Balaban J connectivity index is 0.00000280. The predicted octanol–water partition coefficient (Wildman–Crippen LogP) is 2.54. The van der Waals surface area contributed by atoms with E-state index in [9.17, 15) is 0 Å². The second kappa shape index (κ2) is 10.2. The van der Waals surface area contributed by atoms with E-state index in [1.54, 1.807) is 0 Å². The number of nitrogens with one attached hydrogen (secondary N) is 2. The van der Waals surface area contributed by atoms with Crippen LogP contribution in [0.2, 0.25) is 0 Å². The van der Waals surface area contributed by atoms with Gasteiger partial charge in [-0.1, -0.05) is 12.8 Å². The summed E-state index contributed by atoms with van der Waals surface area (Å²) in [5, 5.41) is 11.5. The molecule has 0 amide bonds. The lowest BCUT2D eigenvalue weighted by molar-refractivity contribution is -0.125. The van der Waals surface area contributed by atoms with Gasteiger partial charge < -0.3 is 20.3 Å². The highest BCUT2D eigenvalue weighted by atomic mass is 127. The zero-order valence-corrected chi connectivity index (χ0v) is 20.3. The van der Waals surface area contributed by atoms with E-state index in [1.165, 1.54) is 31.2 Å². The van der Waals surface area contributed by atoms with Crippen LogP contribution in [0.3, 0.4) is 0 Å². The number of rotatable bonds is 7. The van der Waals surface area contributed by atoms with Gasteiger partial charge in [-0.05, 0) is 40.3 Å². The zero-order chi connectivity index (χ0) is 19.4. The molecule has 160 valence electrons. The summed E-state index contributed by atoms with van der Waals surface area (Å²) in [5.74, 6) is 0.886. The molecule has 1 aromatic rings. The van der Waals surface area contributed by atoms with Crippen molar-refractivity contribution in [2.24, 2.45) is 17.5 Å². The van der Waals surface area contributed by atoms with Crippen LogP contribution in [0, 0.1) is 5.41 Å². The van der Waals surface area contributed by atoms with Crippen molar-refractivity contribution >= 4 is 29.9 Å². The van der Waals surface area contributed by atoms with Gasteiger partial charge in [-0.2, -0.15) is 5.10 Å². The van der Waals surface area contributed by atoms with E-state index in [0.717, 1.165) is 25.5 Å². The maximum absolute atomic E-state index is 6.03. The van der Waals surface area contributed by atoms with Crippen molar-refractivity contribution in [2.75, 3.05) is 34.3 Å². The van der Waals surface area contributed by atoms with Crippen molar-refractivity contribution in [2.45, 2.75) is 57.2 Å². The molecule has 7 nitrogen and oxygen atoms in total. The monoisotopic (exact) mass is 504 g/mol. The Morgan fingerprint density at radius 3 is 2.68 bits per heavy atom. The van der Waals surface area contributed by atoms with Gasteiger partial charge in [0.25, 0.3) is 0 Å². The summed E-state index contributed by atoms with van der Waals surface area (Å²) in [5.41, 5.74) is 1.51. The average Bonchev–Trinajstić information content (AvgIpc) is 3.30. The van der Waals surface area contributed by atoms with Crippen molar-refractivity contribution in [3.8, 4) is 0 Å². The Labute approximate surface area is 186 Å². The molecule has 0 aliphatic heterocycles. The van der Waals surface area contributed by atoms with Crippen molar-refractivity contribution in [1.29, 1.82) is 0 Å². The molecule has 0 radical (unpaired) electrons. The highest BCUT2D eigenvalue weighted by molar-refractivity contribution is 14.0. The Morgan fingerprint density at radius 2 is 2.14 bits per heavy atom. The third-order valence-electron chi connectivity index (χ3n) is 6.42. The highest BCUT2D eigenvalue weighted by Crippen LogP contribution is 2.54. The minimum atomic E-state index is 0. The fourth-order valence-electron chi connectivity index (χ4n) is 4.85. The van der Waals surface area contributed by atoms with Crippen LogP contribution in [0.25, 0.3) is 0 Å². The molecule has 3 unspecified atom stereocenters. The molecule has 1 heterocycles. The minimum Gasteiger partial charge on any atom is -0.378 e. The van der Waals surface area contributed by atoms with E-state index in [0.29, 0.717) is 17.6 Å². The Bertz CT molecular complexity index is 640. The Hall–Kier alpha value is -0.870. The van der Waals surface area contributed by atoms with Crippen molar-refractivity contribution < 1.29 is 4.74 Å². The highest BCUT2D eigenvalue weighted by Gasteiger charge is 2.56. The van der Waals surface area contributed by atoms with Gasteiger partial charge in [0.2, 0.25) is 0 Å². The van der Waals surface area contributed by atoms with Gasteiger partial charge in [0, 0.05) is 50.5 Å². The fourth-order valence-corrected chi connectivity index (χ4v) is 4.85. The number of ether oxygens (including phenoxy) is 1. The lowest BCUT2D eigenvalue weighted by Crippen LogP contribution is -2.65. The molecular weight excluding hydrogens is 467 g/mol. The lowest BCUT2D eigenvalue weighted by atomic mass is 9.60. The lowest BCUT2D eigenvalue weighted by Gasteiger charge is -2.54. The number of nitrogens with zero attached hydrogens (tertiary/aromatic N) is 4. The molecule has 3 atom stereocenters. The first-order chi connectivity index (χ1) is 13.0. The summed E-state index contributed by atoms with van der Waals surface area (Å²) < 4.78 is 7.89. The van der Waals surface area contributed by atoms with Crippen LogP contribution in [0.5, 0.6) is 0 Å². The summed E-state index contributed by atoms with van der Waals surface area (Å²) >= 11 is 0. The molecule has 1 spiro atoms. The second-order valence-corrected chi connectivity index (χ2v) is 8.20. The van der Waals surface area contributed by atoms with Crippen LogP contribution in [-0.4, -0.2) is 67.1 Å². The maximum atomic E-state index is 6.03. The van der Waals surface area contributed by atoms with Gasteiger partial charge in [-0.25, -0.2) is 0 Å². The summed E-state index contributed by atoms with van der Waals surface area (Å²) in [4.78, 5) is 6.69. The van der Waals surface area contributed by atoms with Crippen LogP contribution >= 0.6 is 24.0 Å². The van der Waals surface area contributed by atoms with E-state index in [4.69, 9.17) is 4.74 Å². The van der Waals surface area contributed by atoms with Gasteiger partial charge in [-0.3, -0.25) is 9.67 Å². The van der Waals surface area contributed by atoms with Gasteiger partial charge in [0.15, 0.2) is 5.96 Å². The SMILES string of the molecule is CCOC1CC(NC(=NC)NCC(c2cnn(C)c2)N(C)C)C12CCCC2.I. The van der Waals surface area contributed by atoms with Crippen LogP contribution in [0.4, 0.5) is 0 Å². The molecule has 1 aromatic heterocycles. The average molecular weight is 504 g/mol. The van der Waals surface area contributed by atoms with Crippen molar-refractivity contribution in [1.82, 2.24) is 25.3 Å². The molecule has 8 heteroatoms. The van der Waals surface area contributed by atoms with E-state index in [-0.39, 0.29) is 30.0 Å². The molecule has 2 fully saturated rings. The first-order valence-corrected chi connectivity index (χ1v) is 10.2. The Morgan fingerprint density at radius 1 is 1.43 bits per heavy atom. The van der Waals surface area contributed by atoms with Gasteiger partial charge in [0.05, 0.1) is 18.3 Å². The summed E-state index contributed by atoms with van der Waals surface area (Å²) in [6.45, 7) is 3.69. The molecule has 2 N–H and O–H groups in total. The quantitative estimate of drug-likeness (QED) is 0.340. The van der Waals surface area contributed by atoms with Crippen molar-refractivity contribution in [3.63, 3.8) is 0 Å². The topological polar surface area (TPSA) is 66.7 Å². The van der Waals surface area contributed by atoms with Gasteiger partial charge in [-0.15, -0.1) is 24.0 Å². The predicted molar refractivity (Wildman–Crippen MR) is 124 cm³/mol. The van der Waals surface area contributed by atoms with E-state index < -0.39 is 0 Å². The second-order valence-electron chi connectivity index (χ2n) is 8.20. The molecule has 2 aliphatic carbocycles. The number of aliphatic imine (C=N–C) groups is 1.